The summed E-state index contributed by atoms with van der Waals surface area (Å²) in [6.45, 7) is 3.99. The number of rotatable bonds is 12. The van der Waals surface area contributed by atoms with Gasteiger partial charge in [0.25, 0.3) is 0 Å². The normalized spacial score (nSPS) is 14.8. The van der Waals surface area contributed by atoms with Crippen LogP contribution in [0.15, 0.2) is 42.5 Å². The van der Waals surface area contributed by atoms with Crippen LogP contribution in [0.1, 0.15) is 63.0 Å². The summed E-state index contributed by atoms with van der Waals surface area (Å²) >= 11 is 12.8. The van der Waals surface area contributed by atoms with E-state index in [4.69, 9.17) is 23.2 Å². The molecule has 7 nitrogen and oxygen atoms in total. The number of nitrogens with one attached hydrogen (secondary N) is 1. The fourth-order valence-electron chi connectivity index (χ4n) is 4.93. The van der Waals surface area contributed by atoms with Crippen molar-refractivity contribution in [3.63, 3.8) is 0 Å². The summed E-state index contributed by atoms with van der Waals surface area (Å²) < 4.78 is 26.4. The molecule has 1 atom stereocenters. The van der Waals surface area contributed by atoms with Crippen LogP contribution in [0.3, 0.4) is 0 Å². The molecule has 2 aromatic rings. The van der Waals surface area contributed by atoms with Crippen molar-refractivity contribution < 1.29 is 18.0 Å². The summed E-state index contributed by atoms with van der Waals surface area (Å²) in [6.07, 6.45) is 5.96. The number of nitrogens with zero attached hydrogens (tertiary/aromatic N) is 2. The largest absolute Gasteiger partial charge is 0.352 e. The lowest BCUT2D eigenvalue weighted by Gasteiger charge is -2.32. The average Bonchev–Trinajstić information content (AvgIpc) is 3.35. The lowest BCUT2D eigenvalue weighted by atomic mass is 10.1. The van der Waals surface area contributed by atoms with Gasteiger partial charge in [-0.2, -0.15) is 0 Å². The Hall–Kier alpha value is -2.29. The van der Waals surface area contributed by atoms with Crippen molar-refractivity contribution >= 4 is 50.7 Å². The Balaban J connectivity index is 1.80. The molecule has 0 radical (unpaired) electrons. The highest BCUT2D eigenvalue weighted by Crippen LogP contribution is 2.28. The number of hydrogen-bond donors (Lipinski definition) is 1. The summed E-state index contributed by atoms with van der Waals surface area (Å²) in [4.78, 5) is 28.5. The van der Waals surface area contributed by atoms with Crippen molar-refractivity contribution in [3.8, 4) is 0 Å². The number of anilines is 1. The zero-order valence-electron chi connectivity index (χ0n) is 22.3. The zero-order valence-corrected chi connectivity index (χ0v) is 24.6. The van der Waals surface area contributed by atoms with Gasteiger partial charge >= 0.3 is 0 Å². The molecule has 38 heavy (non-hydrogen) atoms. The van der Waals surface area contributed by atoms with Crippen molar-refractivity contribution in [2.45, 2.75) is 77.4 Å². The summed E-state index contributed by atoms with van der Waals surface area (Å²) in [7, 11) is -3.55. The lowest BCUT2D eigenvalue weighted by molar-refractivity contribution is -0.141. The van der Waals surface area contributed by atoms with Crippen LogP contribution in [0.25, 0.3) is 0 Å². The molecule has 1 fully saturated rings. The van der Waals surface area contributed by atoms with Crippen LogP contribution in [-0.2, 0) is 26.2 Å². The standard InChI is InChI=1S/C28H37Cl2N3O4S/c1-4-26(28(35)31-21-11-5-6-12-21)32(19-23-24(29)14-8-15-25(23)30)27(34)16-9-17-33(38(3,36)37)22-13-7-10-20(2)18-22/h7-8,10,13-15,18,21,26H,4-6,9,11-12,16-17,19H2,1-3H3,(H,31,35)/t26-/m1/s1. The molecule has 0 spiro atoms. The molecule has 0 bridgehead atoms. The first-order chi connectivity index (χ1) is 18.0. The minimum atomic E-state index is -3.55. The van der Waals surface area contributed by atoms with Crippen molar-refractivity contribution in [3.05, 3.63) is 63.6 Å². The van der Waals surface area contributed by atoms with Crippen LogP contribution in [0.2, 0.25) is 10.0 Å². The lowest BCUT2D eigenvalue weighted by Crippen LogP contribution is -2.51. The SMILES string of the molecule is CC[C@H](C(=O)NC1CCCC1)N(Cc1c(Cl)cccc1Cl)C(=O)CCCN(c1cccc(C)c1)S(C)(=O)=O. The molecule has 208 valence electrons. The molecular weight excluding hydrogens is 545 g/mol. The predicted octanol–water partition coefficient (Wildman–Crippen LogP) is 5.71. The molecule has 0 unspecified atom stereocenters. The number of carbonyl (C=O) groups is 2. The number of hydrogen-bond acceptors (Lipinski definition) is 4. The summed E-state index contributed by atoms with van der Waals surface area (Å²) in [5.74, 6) is -0.444. The Morgan fingerprint density at radius 2 is 1.71 bits per heavy atom. The van der Waals surface area contributed by atoms with Crippen LogP contribution < -0.4 is 9.62 Å². The highest BCUT2D eigenvalue weighted by molar-refractivity contribution is 7.92. The third-order valence-electron chi connectivity index (χ3n) is 6.92. The van der Waals surface area contributed by atoms with Gasteiger partial charge in [-0.05, 0) is 62.4 Å². The number of amides is 2. The van der Waals surface area contributed by atoms with Gasteiger partial charge in [0.15, 0.2) is 0 Å². The van der Waals surface area contributed by atoms with Gasteiger partial charge in [0.05, 0.1) is 11.9 Å². The summed E-state index contributed by atoms with van der Waals surface area (Å²) in [5.41, 5.74) is 2.07. The molecule has 10 heteroatoms. The maximum Gasteiger partial charge on any atom is 0.243 e. The molecule has 0 saturated heterocycles. The second-order valence-corrected chi connectivity index (χ2v) is 12.6. The first-order valence-corrected chi connectivity index (χ1v) is 15.7. The van der Waals surface area contributed by atoms with Gasteiger partial charge in [0.1, 0.15) is 6.04 Å². The van der Waals surface area contributed by atoms with Gasteiger partial charge in [0, 0.05) is 41.2 Å². The molecule has 0 heterocycles. The van der Waals surface area contributed by atoms with Crippen molar-refractivity contribution in [1.82, 2.24) is 10.2 Å². The van der Waals surface area contributed by atoms with Crippen molar-refractivity contribution in [2.75, 3.05) is 17.1 Å². The zero-order chi connectivity index (χ0) is 27.9. The molecule has 1 aliphatic carbocycles. The fourth-order valence-corrected chi connectivity index (χ4v) is 6.40. The number of carbonyl (C=O) groups excluding carboxylic acids is 2. The van der Waals surface area contributed by atoms with E-state index in [9.17, 15) is 18.0 Å². The molecular formula is C28H37Cl2N3O4S. The van der Waals surface area contributed by atoms with Gasteiger partial charge in [-0.15, -0.1) is 0 Å². The van der Waals surface area contributed by atoms with Crippen LogP contribution in [0.5, 0.6) is 0 Å². The fraction of sp³-hybridized carbons (Fsp3) is 0.500. The van der Waals surface area contributed by atoms with Gasteiger partial charge in [-0.3, -0.25) is 13.9 Å². The first-order valence-electron chi connectivity index (χ1n) is 13.1. The van der Waals surface area contributed by atoms with E-state index in [-0.39, 0.29) is 43.8 Å². The number of benzene rings is 2. The maximum absolute atomic E-state index is 13.6. The van der Waals surface area contributed by atoms with E-state index < -0.39 is 16.1 Å². The third kappa shape index (κ3) is 8.10. The van der Waals surface area contributed by atoms with E-state index in [0.29, 0.717) is 27.7 Å². The topological polar surface area (TPSA) is 86.8 Å². The van der Waals surface area contributed by atoms with E-state index in [1.54, 1.807) is 36.4 Å². The Bertz CT molecular complexity index is 1210. The van der Waals surface area contributed by atoms with E-state index in [1.807, 2.05) is 19.9 Å². The molecule has 1 N–H and O–H groups in total. The second kappa shape index (κ2) is 13.7. The summed E-state index contributed by atoms with van der Waals surface area (Å²) in [6, 6.07) is 11.8. The van der Waals surface area contributed by atoms with E-state index in [2.05, 4.69) is 5.32 Å². The Morgan fingerprint density at radius 3 is 2.29 bits per heavy atom. The smallest absolute Gasteiger partial charge is 0.243 e. The molecule has 0 aromatic heterocycles. The molecule has 2 aromatic carbocycles. The maximum atomic E-state index is 13.6. The van der Waals surface area contributed by atoms with Crippen LogP contribution in [-0.4, -0.2) is 50.0 Å². The van der Waals surface area contributed by atoms with Crippen LogP contribution in [0, 0.1) is 6.92 Å². The number of aryl methyl sites for hydroxylation is 1. The minimum Gasteiger partial charge on any atom is -0.352 e. The van der Waals surface area contributed by atoms with Gasteiger partial charge in [-0.1, -0.05) is 61.2 Å². The second-order valence-electron chi connectivity index (χ2n) is 9.91. The van der Waals surface area contributed by atoms with Gasteiger partial charge < -0.3 is 10.2 Å². The number of halogens is 2. The Kier molecular flexibility index (Phi) is 10.9. The minimum absolute atomic E-state index is 0.0626. The molecule has 3 rings (SSSR count). The highest BCUT2D eigenvalue weighted by Gasteiger charge is 2.31. The molecule has 1 aliphatic rings. The molecule has 1 saturated carbocycles. The molecule has 2 amide bonds. The predicted molar refractivity (Wildman–Crippen MR) is 154 cm³/mol. The van der Waals surface area contributed by atoms with Crippen LogP contribution in [0.4, 0.5) is 5.69 Å². The van der Waals surface area contributed by atoms with E-state index in [1.165, 1.54) is 9.21 Å². The van der Waals surface area contributed by atoms with Crippen molar-refractivity contribution in [1.29, 1.82) is 0 Å². The van der Waals surface area contributed by atoms with Crippen LogP contribution >= 0.6 is 23.2 Å². The monoisotopic (exact) mass is 581 g/mol. The quantitative estimate of drug-likeness (QED) is 0.347. The third-order valence-corrected chi connectivity index (χ3v) is 8.82. The first kappa shape index (κ1) is 30.3. The summed E-state index contributed by atoms with van der Waals surface area (Å²) in [5, 5.41) is 3.96. The average molecular weight is 583 g/mol. The molecule has 0 aliphatic heterocycles. The van der Waals surface area contributed by atoms with E-state index in [0.717, 1.165) is 37.5 Å². The Labute approximate surface area is 236 Å². The van der Waals surface area contributed by atoms with Crippen molar-refractivity contribution in [2.24, 2.45) is 0 Å². The highest BCUT2D eigenvalue weighted by atomic mass is 35.5. The Morgan fingerprint density at radius 1 is 1.08 bits per heavy atom. The number of sulfonamides is 1. The van der Waals surface area contributed by atoms with E-state index >= 15 is 0 Å². The van der Waals surface area contributed by atoms with Gasteiger partial charge in [-0.25, -0.2) is 8.42 Å². The van der Waals surface area contributed by atoms with Gasteiger partial charge in [0.2, 0.25) is 21.8 Å².